The van der Waals surface area contributed by atoms with Crippen LogP contribution in [-0.4, -0.2) is 34.4 Å². The zero-order valence-corrected chi connectivity index (χ0v) is 16.2. The molecule has 0 atom stereocenters. The Hall–Kier alpha value is -2.14. The second kappa shape index (κ2) is 8.30. The Bertz CT molecular complexity index is 753. The molecule has 0 bridgehead atoms. The van der Waals surface area contributed by atoms with Gasteiger partial charge in [0.1, 0.15) is 17.3 Å². The minimum absolute atomic E-state index is 0.103. The van der Waals surface area contributed by atoms with Gasteiger partial charge in [-0.2, -0.15) is 0 Å². The molecule has 0 saturated heterocycles. The van der Waals surface area contributed by atoms with Gasteiger partial charge in [0, 0.05) is 19.7 Å². The maximum absolute atomic E-state index is 12.6. The van der Waals surface area contributed by atoms with E-state index in [1.165, 1.54) is 0 Å². The Morgan fingerprint density at radius 1 is 1.20 bits per heavy atom. The molecule has 0 fully saturated rings. The Morgan fingerprint density at radius 2 is 1.92 bits per heavy atom. The molecule has 0 unspecified atom stereocenters. The number of unbranched alkanes of at least 4 members (excludes halogenated alkanes) is 1. The van der Waals surface area contributed by atoms with Crippen molar-refractivity contribution in [2.24, 2.45) is 0 Å². The van der Waals surface area contributed by atoms with Gasteiger partial charge in [0.25, 0.3) is 5.91 Å². The summed E-state index contributed by atoms with van der Waals surface area (Å²) < 4.78 is 0. The smallest absolute Gasteiger partial charge is 0.272 e. The van der Waals surface area contributed by atoms with Crippen molar-refractivity contribution in [2.45, 2.75) is 40.5 Å². The highest BCUT2D eigenvalue weighted by Crippen LogP contribution is 2.29. The fraction of sp³-hybridized carbons (Fsp3) is 0.421. The van der Waals surface area contributed by atoms with Gasteiger partial charge in [-0.05, 0) is 44.4 Å². The minimum atomic E-state index is -0.103. The van der Waals surface area contributed by atoms with Crippen LogP contribution in [-0.2, 0) is 0 Å². The molecule has 0 radical (unpaired) electrons. The molecule has 5 nitrogen and oxygen atoms in total. The van der Waals surface area contributed by atoms with Gasteiger partial charge in [-0.25, -0.2) is 9.97 Å². The summed E-state index contributed by atoms with van der Waals surface area (Å²) in [5, 5.41) is 3.86. The van der Waals surface area contributed by atoms with Crippen LogP contribution in [0.4, 0.5) is 11.5 Å². The number of benzene rings is 1. The molecule has 6 heteroatoms. The Kier molecular flexibility index (Phi) is 6.37. The summed E-state index contributed by atoms with van der Waals surface area (Å²) in [5.74, 6) is 1.00. The zero-order chi connectivity index (χ0) is 18.6. The maximum atomic E-state index is 12.6. The second-order valence-electron chi connectivity index (χ2n) is 6.33. The summed E-state index contributed by atoms with van der Waals surface area (Å²) in [6.07, 6.45) is 2.01. The molecule has 0 aliphatic rings. The van der Waals surface area contributed by atoms with Crippen LogP contribution in [0.1, 0.15) is 47.2 Å². The first-order chi connectivity index (χ1) is 11.8. The molecule has 134 valence electrons. The molecular weight excluding hydrogens is 336 g/mol. The lowest BCUT2D eigenvalue weighted by Crippen LogP contribution is -2.28. The number of hydrogen-bond donors (Lipinski definition) is 1. The minimum Gasteiger partial charge on any atom is -0.340 e. The largest absolute Gasteiger partial charge is 0.340 e. The van der Waals surface area contributed by atoms with Crippen LogP contribution in [0.5, 0.6) is 0 Å². The fourth-order valence-corrected chi connectivity index (χ4v) is 3.00. The predicted octanol–water partition coefficient (Wildman–Crippen LogP) is 4.67. The van der Waals surface area contributed by atoms with Crippen molar-refractivity contribution in [2.75, 3.05) is 18.9 Å². The first-order valence-electron chi connectivity index (χ1n) is 8.46. The third kappa shape index (κ3) is 4.92. The molecule has 0 saturated carbocycles. The SMILES string of the molecule is CCCCN(C)C(=O)c1cc(Nc2c(C)cc(C)cc2Cl)nc(C)n1. The molecule has 1 aromatic heterocycles. The quantitative estimate of drug-likeness (QED) is 0.813. The number of rotatable bonds is 6. The summed E-state index contributed by atoms with van der Waals surface area (Å²) in [7, 11) is 1.80. The first kappa shape index (κ1) is 19.2. The molecule has 2 aromatic rings. The van der Waals surface area contributed by atoms with E-state index in [1.54, 1.807) is 24.9 Å². The summed E-state index contributed by atoms with van der Waals surface area (Å²) >= 11 is 6.35. The number of nitrogens with zero attached hydrogens (tertiary/aromatic N) is 3. The molecule has 1 aromatic carbocycles. The lowest BCUT2D eigenvalue weighted by atomic mass is 10.1. The van der Waals surface area contributed by atoms with Crippen LogP contribution in [0.25, 0.3) is 0 Å². The average Bonchev–Trinajstić information content (AvgIpc) is 2.54. The van der Waals surface area contributed by atoms with Crippen LogP contribution < -0.4 is 5.32 Å². The van der Waals surface area contributed by atoms with E-state index in [9.17, 15) is 4.79 Å². The van der Waals surface area contributed by atoms with Crippen molar-refractivity contribution in [1.82, 2.24) is 14.9 Å². The van der Waals surface area contributed by atoms with Gasteiger partial charge in [-0.15, -0.1) is 0 Å². The van der Waals surface area contributed by atoms with Gasteiger partial charge in [-0.3, -0.25) is 4.79 Å². The van der Waals surface area contributed by atoms with Crippen LogP contribution in [0, 0.1) is 20.8 Å². The summed E-state index contributed by atoms with van der Waals surface area (Å²) in [6.45, 7) is 8.57. The predicted molar refractivity (Wildman–Crippen MR) is 103 cm³/mol. The van der Waals surface area contributed by atoms with Crippen molar-refractivity contribution in [3.05, 3.63) is 45.9 Å². The monoisotopic (exact) mass is 360 g/mol. The lowest BCUT2D eigenvalue weighted by molar-refractivity contribution is 0.0787. The third-order valence-electron chi connectivity index (χ3n) is 3.94. The molecule has 0 aliphatic carbocycles. The molecular formula is C19H25ClN4O. The number of carbonyl (C=O) groups is 1. The van der Waals surface area contributed by atoms with Crippen molar-refractivity contribution in [1.29, 1.82) is 0 Å². The second-order valence-corrected chi connectivity index (χ2v) is 6.74. The molecule has 1 heterocycles. The van der Waals surface area contributed by atoms with E-state index in [0.717, 1.165) is 29.7 Å². The Labute approximate surface area is 154 Å². The Morgan fingerprint density at radius 3 is 2.56 bits per heavy atom. The van der Waals surface area contributed by atoms with Crippen molar-refractivity contribution >= 4 is 29.0 Å². The van der Waals surface area contributed by atoms with E-state index in [2.05, 4.69) is 22.2 Å². The van der Waals surface area contributed by atoms with Crippen molar-refractivity contribution in [3.63, 3.8) is 0 Å². The van der Waals surface area contributed by atoms with E-state index in [4.69, 9.17) is 11.6 Å². The number of hydrogen-bond acceptors (Lipinski definition) is 4. The summed E-state index contributed by atoms with van der Waals surface area (Å²) in [4.78, 5) is 22.9. The molecule has 25 heavy (non-hydrogen) atoms. The number of aryl methyl sites for hydroxylation is 3. The van der Waals surface area contributed by atoms with Crippen molar-refractivity contribution < 1.29 is 4.79 Å². The van der Waals surface area contributed by atoms with Gasteiger partial charge in [-0.1, -0.05) is 31.0 Å². The number of halogens is 1. The number of aromatic nitrogens is 2. The fourth-order valence-electron chi connectivity index (χ4n) is 2.64. The van der Waals surface area contributed by atoms with Gasteiger partial charge in [0.15, 0.2) is 0 Å². The molecule has 1 N–H and O–H groups in total. The van der Waals surface area contributed by atoms with E-state index in [-0.39, 0.29) is 5.91 Å². The van der Waals surface area contributed by atoms with E-state index in [0.29, 0.717) is 28.9 Å². The van der Waals surface area contributed by atoms with Gasteiger partial charge in [0.05, 0.1) is 10.7 Å². The standard InChI is InChI=1S/C19H25ClN4O/c1-6-7-8-24(5)19(25)16-11-17(22-14(4)21-16)23-18-13(3)9-12(2)10-15(18)20/h9-11H,6-8H2,1-5H3,(H,21,22,23). The molecule has 2 rings (SSSR count). The first-order valence-corrected chi connectivity index (χ1v) is 8.84. The van der Waals surface area contributed by atoms with Gasteiger partial charge in [0.2, 0.25) is 0 Å². The maximum Gasteiger partial charge on any atom is 0.272 e. The highest BCUT2D eigenvalue weighted by molar-refractivity contribution is 6.33. The number of amides is 1. The zero-order valence-electron chi connectivity index (χ0n) is 15.5. The van der Waals surface area contributed by atoms with Crippen LogP contribution >= 0.6 is 11.6 Å². The van der Waals surface area contributed by atoms with E-state index >= 15 is 0 Å². The van der Waals surface area contributed by atoms with Crippen LogP contribution in [0.3, 0.4) is 0 Å². The third-order valence-corrected chi connectivity index (χ3v) is 4.23. The molecule has 0 aliphatic heterocycles. The highest BCUT2D eigenvalue weighted by Gasteiger charge is 2.16. The Balaban J connectivity index is 2.29. The van der Waals surface area contributed by atoms with Crippen molar-refractivity contribution in [3.8, 4) is 0 Å². The average molecular weight is 361 g/mol. The van der Waals surface area contributed by atoms with E-state index < -0.39 is 0 Å². The lowest BCUT2D eigenvalue weighted by Gasteiger charge is -2.17. The van der Waals surface area contributed by atoms with E-state index in [1.807, 2.05) is 26.0 Å². The van der Waals surface area contributed by atoms with Crippen LogP contribution in [0.15, 0.2) is 18.2 Å². The number of anilines is 2. The number of nitrogens with one attached hydrogen (secondary N) is 1. The highest BCUT2D eigenvalue weighted by atomic mass is 35.5. The normalized spacial score (nSPS) is 10.6. The van der Waals surface area contributed by atoms with Crippen LogP contribution in [0.2, 0.25) is 5.02 Å². The molecule has 0 spiro atoms. The topological polar surface area (TPSA) is 58.1 Å². The summed E-state index contributed by atoms with van der Waals surface area (Å²) in [5.41, 5.74) is 3.30. The van der Waals surface area contributed by atoms with Gasteiger partial charge < -0.3 is 10.2 Å². The number of carbonyl (C=O) groups excluding carboxylic acids is 1. The molecule has 1 amide bonds. The van der Waals surface area contributed by atoms with Gasteiger partial charge >= 0.3 is 0 Å². The summed E-state index contributed by atoms with van der Waals surface area (Å²) in [6, 6.07) is 5.62.